The van der Waals surface area contributed by atoms with Crippen LogP contribution in [0, 0.1) is 0 Å². The summed E-state index contributed by atoms with van der Waals surface area (Å²) < 4.78 is 5.34. The van der Waals surface area contributed by atoms with Gasteiger partial charge < -0.3 is 15.4 Å². The lowest BCUT2D eigenvalue weighted by Crippen LogP contribution is -2.58. The van der Waals surface area contributed by atoms with Gasteiger partial charge in [0.15, 0.2) is 0 Å². The minimum atomic E-state index is 0.0256. The van der Waals surface area contributed by atoms with Crippen molar-refractivity contribution in [3.8, 4) is 0 Å². The maximum absolute atomic E-state index is 11.5. The first-order valence-corrected chi connectivity index (χ1v) is 5.41. The van der Waals surface area contributed by atoms with Crippen molar-refractivity contribution in [3.05, 3.63) is 35.9 Å². The van der Waals surface area contributed by atoms with Gasteiger partial charge in [0.1, 0.15) is 6.61 Å². The molecule has 1 aliphatic heterocycles. The fourth-order valence-electron chi connectivity index (χ4n) is 1.64. The van der Waals surface area contributed by atoms with E-state index in [0.29, 0.717) is 19.7 Å². The molecular weight excluding hydrogens is 204 g/mol. The number of hydrogen-bond donors (Lipinski definition) is 1. The second-order valence-corrected chi connectivity index (χ2v) is 4.04. The highest BCUT2D eigenvalue weighted by Crippen LogP contribution is 2.06. The summed E-state index contributed by atoms with van der Waals surface area (Å²) in [5.74, 6) is 0.0256. The van der Waals surface area contributed by atoms with Crippen LogP contribution in [0.15, 0.2) is 30.3 Å². The monoisotopic (exact) mass is 220 g/mol. The van der Waals surface area contributed by atoms with Gasteiger partial charge in [-0.25, -0.2) is 0 Å². The van der Waals surface area contributed by atoms with Gasteiger partial charge in [0.2, 0.25) is 5.91 Å². The van der Waals surface area contributed by atoms with Gasteiger partial charge in [-0.2, -0.15) is 0 Å². The van der Waals surface area contributed by atoms with Gasteiger partial charge in [-0.15, -0.1) is 0 Å². The summed E-state index contributed by atoms with van der Waals surface area (Å²) in [5.41, 5.74) is 6.67. The van der Waals surface area contributed by atoms with Crippen LogP contribution in [0.3, 0.4) is 0 Å². The van der Waals surface area contributed by atoms with E-state index in [9.17, 15) is 4.79 Å². The molecular formula is C12H16N2O2. The summed E-state index contributed by atoms with van der Waals surface area (Å²) in [4.78, 5) is 13.2. The minimum absolute atomic E-state index is 0.0256. The Bertz CT molecular complexity index is 347. The van der Waals surface area contributed by atoms with Crippen LogP contribution in [0.25, 0.3) is 0 Å². The van der Waals surface area contributed by atoms with Crippen molar-refractivity contribution in [1.82, 2.24) is 4.90 Å². The summed E-state index contributed by atoms with van der Waals surface area (Å²) in [6.45, 7) is 1.94. The summed E-state index contributed by atoms with van der Waals surface area (Å²) in [6, 6.07) is 9.96. The fraction of sp³-hybridized carbons (Fsp3) is 0.417. The standard InChI is InChI=1S/C12H16N2O2/c13-11-6-14(7-11)12(15)9-16-8-10-4-2-1-3-5-10/h1-5,11H,6-9,13H2. The number of hydrogen-bond acceptors (Lipinski definition) is 3. The molecule has 2 N–H and O–H groups in total. The molecule has 4 heteroatoms. The highest BCUT2D eigenvalue weighted by Gasteiger charge is 2.27. The second kappa shape index (κ2) is 5.09. The Balaban J connectivity index is 1.67. The Kier molecular flexibility index (Phi) is 3.54. The Morgan fingerprint density at radius 3 is 2.69 bits per heavy atom. The molecule has 1 saturated heterocycles. The summed E-state index contributed by atoms with van der Waals surface area (Å²) in [5, 5.41) is 0. The third kappa shape index (κ3) is 2.81. The molecule has 0 saturated carbocycles. The number of rotatable bonds is 4. The molecule has 0 radical (unpaired) electrons. The molecule has 0 aromatic heterocycles. The van der Waals surface area contributed by atoms with Crippen LogP contribution in [-0.2, 0) is 16.1 Å². The van der Waals surface area contributed by atoms with Crippen molar-refractivity contribution in [2.75, 3.05) is 19.7 Å². The van der Waals surface area contributed by atoms with E-state index in [-0.39, 0.29) is 18.6 Å². The lowest BCUT2D eigenvalue weighted by molar-refractivity contribution is -0.140. The SMILES string of the molecule is NC1CN(C(=O)COCc2ccccc2)C1. The first kappa shape index (κ1) is 11.1. The zero-order chi connectivity index (χ0) is 11.4. The average Bonchev–Trinajstić information content (AvgIpc) is 2.26. The first-order valence-electron chi connectivity index (χ1n) is 5.41. The van der Waals surface area contributed by atoms with Gasteiger partial charge in [0, 0.05) is 19.1 Å². The van der Waals surface area contributed by atoms with E-state index in [0.717, 1.165) is 5.56 Å². The third-order valence-electron chi connectivity index (χ3n) is 2.60. The molecule has 0 aliphatic carbocycles. The molecule has 0 spiro atoms. The topological polar surface area (TPSA) is 55.6 Å². The maximum atomic E-state index is 11.5. The van der Waals surface area contributed by atoms with Crippen molar-refractivity contribution in [2.45, 2.75) is 12.6 Å². The number of nitrogens with two attached hydrogens (primary N) is 1. The molecule has 86 valence electrons. The van der Waals surface area contributed by atoms with E-state index in [4.69, 9.17) is 10.5 Å². The predicted molar refractivity (Wildman–Crippen MR) is 60.7 cm³/mol. The van der Waals surface area contributed by atoms with Crippen LogP contribution < -0.4 is 5.73 Å². The second-order valence-electron chi connectivity index (χ2n) is 4.04. The van der Waals surface area contributed by atoms with E-state index in [2.05, 4.69) is 0 Å². The third-order valence-corrected chi connectivity index (χ3v) is 2.60. The average molecular weight is 220 g/mol. The zero-order valence-electron chi connectivity index (χ0n) is 9.13. The highest BCUT2D eigenvalue weighted by molar-refractivity contribution is 5.78. The maximum Gasteiger partial charge on any atom is 0.248 e. The molecule has 0 unspecified atom stereocenters. The Hall–Kier alpha value is -1.39. The number of nitrogens with zero attached hydrogens (tertiary/aromatic N) is 1. The predicted octanol–water partition coefficient (Wildman–Crippen LogP) is 0.373. The van der Waals surface area contributed by atoms with Crippen LogP contribution in [0.5, 0.6) is 0 Å². The van der Waals surface area contributed by atoms with Crippen molar-refractivity contribution in [1.29, 1.82) is 0 Å². The summed E-state index contributed by atoms with van der Waals surface area (Å²) in [6.07, 6.45) is 0. The molecule has 1 amide bonds. The van der Waals surface area contributed by atoms with Crippen LogP contribution in [0.4, 0.5) is 0 Å². The number of amides is 1. The Labute approximate surface area is 95.0 Å². The molecule has 1 aliphatic rings. The van der Waals surface area contributed by atoms with E-state index >= 15 is 0 Å². The van der Waals surface area contributed by atoms with Crippen molar-refractivity contribution in [3.63, 3.8) is 0 Å². The van der Waals surface area contributed by atoms with Crippen molar-refractivity contribution < 1.29 is 9.53 Å². The number of benzene rings is 1. The number of ether oxygens (including phenoxy) is 1. The molecule has 1 aromatic carbocycles. The van der Waals surface area contributed by atoms with Crippen molar-refractivity contribution in [2.24, 2.45) is 5.73 Å². The number of carbonyl (C=O) groups is 1. The molecule has 16 heavy (non-hydrogen) atoms. The van der Waals surface area contributed by atoms with E-state index in [1.165, 1.54) is 0 Å². The molecule has 2 rings (SSSR count). The smallest absolute Gasteiger partial charge is 0.248 e. The molecule has 0 bridgehead atoms. The van der Waals surface area contributed by atoms with Gasteiger partial charge in [0.25, 0.3) is 0 Å². The summed E-state index contributed by atoms with van der Waals surface area (Å²) >= 11 is 0. The Morgan fingerprint density at radius 2 is 2.06 bits per heavy atom. The zero-order valence-corrected chi connectivity index (χ0v) is 9.13. The molecule has 0 atom stereocenters. The van der Waals surface area contributed by atoms with E-state index < -0.39 is 0 Å². The fourth-order valence-corrected chi connectivity index (χ4v) is 1.64. The largest absolute Gasteiger partial charge is 0.367 e. The van der Waals surface area contributed by atoms with Crippen molar-refractivity contribution >= 4 is 5.91 Å². The molecule has 1 aromatic rings. The molecule has 1 heterocycles. The van der Waals surface area contributed by atoms with Gasteiger partial charge in [0.05, 0.1) is 6.61 Å². The Morgan fingerprint density at radius 1 is 1.38 bits per heavy atom. The van der Waals surface area contributed by atoms with Gasteiger partial charge >= 0.3 is 0 Å². The van der Waals surface area contributed by atoms with Gasteiger partial charge in [-0.1, -0.05) is 30.3 Å². The van der Waals surface area contributed by atoms with Crippen LogP contribution in [-0.4, -0.2) is 36.5 Å². The first-order chi connectivity index (χ1) is 7.75. The quantitative estimate of drug-likeness (QED) is 0.797. The normalized spacial score (nSPS) is 15.9. The lowest BCUT2D eigenvalue weighted by atomic mass is 10.1. The van der Waals surface area contributed by atoms with E-state index in [1.54, 1.807) is 4.90 Å². The van der Waals surface area contributed by atoms with Crippen LogP contribution in [0.1, 0.15) is 5.56 Å². The van der Waals surface area contributed by atoms with Crippen LogP contribution >= 0.6 is 0 Å². The van der Waals surface area contributed by atoms with Crippen LogP contribution in [0.2, 0.25) is 0 Å². The van der Waals surface area contributed by atoms with Gasteiger partial charge in [-0.05, 0) is 5.56 Å². The number of carbonyl (C=O) groups excluding carboxylic acids is 1. The molecule has 4 nitrogen and oxygen atoms in total. The highest BCUT2D eigenvalue weighted by atomic mass is 16.5. The van der Waals surface area contributed by atoms with E-state index in [1.807, 2.05) is 30.3 Å². The lowest BCUT2D eigenvalue weighted by Gasteiger charge is -2.36. The number of likely N-dealkylation sites (tertiary alicyclic amines) is 1. The molecule has 1 fully saturated rings. The van der Waals surface area contributed by atoms with Gasteiger partial charge in [-0.3, -0.25) is 4.79 Å². The minimum Gasteiger partial charge on any atom is -0.367 e. The summed E-state index contributed by atoms with van der Waals surface area (Å²) in [7, 11) is 0.